The molecule has 0 heterocycles. The fourth-order valence-corrected chi connectivity index (χ4v) is 3.58. The van der Waals surface area contributed by atoms with E-state index in [4.69, 9.17) is 4.74 Å². The van der Waals surface area contributed by atoms with E-state index in [2.05, 4.69) is 15.9 Å². The smallest absolute Gasteiger partial charge is 0.197 e. The molecule has 0 unspecified atom stereocenters. The Morgan fingerprint density at radius 2 is 1.54 bits per heavy atom. The summed E-state index contributed by atoms with van der Waals surface area (Å²) in [5.41, 5.74) is 2.16. The Morgan fingerprint density at radius 3 is 2.18 bits per heavy atom. The van der Waals surface area contributed by atoms with Gasteiger partial charge >= 0.3 is 0 Å². The number of benzene rings is 3. The minimum absolute atomic E-state index is 0.0952. The number of hydrogen-bond acceptors (Lipinski definition) is 3. The van der Waals surface area contributed by atoms with Gasteiger partial charge in [-0.15, -0.1) is 0 Å². The summed E-state index contributed by atoms with van der Waals surface area (Å²) >= 11 is 3.43. The molecule has 0 fully saturated rings. The molecule has 0 atom stereocenters. The number of halogens is 2. The van der Waals surface area contributed by atoms with E-state index in [-0.39, 0.29) is 29.6 Å². The number of carbonyl (C=O) groups excluding carboxylic acids is 2. The van der Waals surface area contributed by atoms with E-state index in [1.54, 1.807) is 66.7 Å². The monoisotopic (exact) mass is 436 g/mol. The largest absolute Gasteiger partial charge is 0.488 e. The Hall–Kier alpha value is -3.05. The molecule has 1 aliphatic rings. The first-order chi connectivity index (χ1) is 13.5. The van der Waals surface area contributed by atoms with Crippen LogP contribution < -0.4 is 4.74 Å². The van der Waals surface area contributed by atoms with Crippen molar-refractivity contribution in [1.29, 1.82) is 0 Å². The van der Waals surface area contributed by atoms with Crippen LogP contribution in [-0.2, 0) is 6.61 Å². The van der Waals surface area contributed by atoms with Gasteiger partial charge in [0.05, 0.1) is 10.0 Å². The first-order valence-corrected chi connectivity index (χ1v) is 9.40. The molecule has 0 spiro atoms. The number of ketones is 2. The highest BCUT2D eigenvalue weighted by Crippen LogP contribution is 2.31. The lowest BCUT2D eigenvalue weighted by Gasteiger charge is -2.09. The molecule has 3 nitrogen and oxygen atoms in total. The maximum Gasteiger partial charge on any atom is 0.197 e. The van der Waals surface area contributed by atoms with Gasteiger partial charge in [0.2, 0.25) is 0 Å². The average Bonchev–Trinajstić information content (AvgIpc) is 2.94. The first-order valence-electron chi connectivity index (χ1n) is 8.60. The molecule has 0 aliphatic heterocycles. The van der Waals surface area contributed by atoms with Crippen LogP contribution in [0.5, 0.6) is 5.75 Å². The molecule has 5 heteroatoms. The Morgan fingerprint density at radius 1 is 0.893 bits per heavy atom. The summed E-state index contributed by atoms with van der Waals surface area (Å²) in [6.45, 7) is 0.0952. The van der Waals surface area contributed by atoms with Gasteiger partial charge in [-0.05, 0) is 45.8 Å². The van der Waals surface area contributed by atoms with Crippen molar-refractivity contribution in [3.63, 3.8) is 0 Å². The van der Waals surface area contributed by atoms with E-state index >= 15 is 0 Å². The fourth-order valence-electron chi connectivity index (χ4n) is 3.07. The number of ether oxygens (including phenoxy) is 1. The molecule has 0 saturated heterocycles. The van der Waals surface area contributed by atoms with Crippen LogP contribution in [0.25, 0.3) is 6.08 Å². The van der Waals surface area contributed by atoms with Crippen molar-refractivity contribution >= 4 is 33.6 Å². The van der Waals surface area contributed by atoms with Crippen molar-refractivity contribution in [1.82, 2.24) is 0 Å². The standard InChI is InChI=1S/C23H14BrFO3/c24-19-12-14(9-10-21(19)28-13-15-5-1-4-8-20(15)25)11-18-22(26)16-6-2-3-7-17(16)23(18)27/h1-12H,13H2. The van der Waals surface area contributed by atoms with E-state index in [0.29, 0.717) is 32.5 Å². The third-order valence-electron chi connectivity index (χ3n) is 4.51. The van der Waals surface area contributed by atoms with Crippen LogP contribution in [0, 0.1) is 5.82 Å². The second-order valence-electron chi connectivity index (χ2n) is 6.33. The quantitative estimate of drug-likeness (QED) is 0.393. The number of carbonyl (C=O) groups is 2. The molecule has 0 radical (unpaired) electrons. The summed E-state index contributed by atoms with van der Waals surface area (Å²) < 4.78 is 20.0. The van der Waals surface area contributed by atoms with Gasteiger partial charge in [0.15, 0.2) is 11.6 Å². The predicted molar refractivity (Wildman–Crippen MR) is 108 cm³/mol. The second kappa shape index (κ2) is 7.52. The fraction of sp³-hybridized carbons (Fsp3) is 0.0435. The van der Waals surface area contributed by atoms with Crippen molar-refractivity contribution in [3.8, 4) is 5.75 Å². The molecule has 3 aromatic carbocycles. The van der Waals surface area contributed by atoms with Crippen LogP contribution in [-0.4, -0.2) is 11.6 Å². The number of hydrogen-bond donors (Lipinski definition) is 0. The van der Waals surface area contributed by atoms with Crippen LogP contribution in [0.1, 0.15) is 31.8 Å². The van der Waals surface area contributed by atoms with Gasteiger partial charge in [-0.1, -0.05) is 48.5 Å². The van der Waals surface area contributed by atoms with Gasteiger partial charge in [-0.3, -0.25) is 9.59 Å². The van der Waals surface area contributed by atoms with Crippen LogP contribution in [0.3, 0.4) is 0 Å². The van der Waals surface area contributed by atoms with E-state index in [1.165, 1.54) is 6.07 Å². The van der Waals surface area contributed by atoms with Crippen LogP contribution in [0.2, 0.25) is 0 Å². The molecule has 1 aliphatic carbocycles. The van der Waals surface area contributed by atoms with Gasteiger partial charge in [0.25, 0.3) is 0 Å². The number of rotatable bonds is 4. The molecule has 28 heavy (non-hydrogen) atoms. The van der Waals surface area contributed by atoms with Gasteiger partial charge in [0, 0.05) is 16.7 Å². The second-order valence-corrected chi connectivity index (χ2v) is 7.19. The third-order valence-corrected chi connectivity index (χ3v) is 5.13. The summed E-state index contributed by atoms with van der Waals surface area (Å²) in [5.74, 6) is -0.316. The van der Waals surface area contributed by atoms with Gasteiger partial charge < -0.3 is 4.74 Å². The van der Waals surface area contributed by atoms with Crippen molar-refractivity contribution < 1.29 is 18.7 Å². The average molecular weight is 437 g/mol. The van der Waals surface area contributed by atoms with Crippen LogP contribution in [0.4, 0.5) is 4.39 Å². The lowest BCUT2D eigenvalue weighted by molar-refractivity contribution is 0.0990. The van der Waals surface area contributed by atoms with E-state index in [9.17, 15) is 14.0 Å². The normalized spacial score (nSPS) is 12.9. The zero-order valence-corrected chi connectivity index (χ0v) is 16.2. The number of fused-ring (bicyclic) bond motifs is 1. The zero-order chi connectivity index (χ0) is 19.7. The Kier molecular flexibility index (Phi) is 4.92. The van der Waals surface area contributed by atoms with E-state index in [0.717, 1.165) is 0 Å². The van der Waals surface area contributed by atoms with Crippen LogP contribution >= 0.6 is 15.9 Å². The maximum atomic E-state index is 13.7. The lowest BCUT2D eigenvalue weighted by atomic mass is 10.1. The van der Waals surface area contributed by atoms with Crippen molar-refractivity contribution in [2.45, 2.75) is 6.61 Å². The van der Waals surface area contributed by atoms with E-state index in [1.807, 2.05) is 0 Å². The van der Waals surface area contributed by atoms with Gasteiger partial charge in [-0.2, -0.15) is 0 Å². The zero-order valence-electron chi connectivity index (χ0n) is 14.6. The Labute approximate surface area is 169 Å². The minimum atomic E-state index is -0.321. The van der Waals surface area contributed by atoms with Crippen molar-refractivity contribution in [2.24, 2.45) is 0 Å². The molecule has 0 aromatic heterocycles. The van der Waals surface area contributed by atoms with Gasteiger partial charge in [0.1, 0.15) is 18.2 Å². The van der Waals surface area contributed by atoms with Crippen LogP contribution in [0.15, 0.2) is 76.8 Å². The number of Topliss-reactive ketones (excluding diaryl/α,β-unsaturated/α-hetero) is 2. The molecular formula is C23H14BrFO3. The summed E-state index contributed by atoms with van der Waals surface area (Å²) in [7, 11) is 0. The molecular weight excluding hydrogens is 423 g/mol. The minimum Gasteiger partial charge on any atom is -0.488 e. The highest BCUT2D eigenvalue weighted by molar-refractivity contribution is 9.10. The molecule has 0 saturated carbocycles. The molecule has 0 amide bonds. The Bertz CT molecular complexity index is 1100. The molecule has 3 aromatic rings. The Balaban J connectivity index is 1.56. The summed E-state index contributed by atoms with van der Waals surface area (Å²) in [6, 6.07) is 18.4. The molecule has 138 valence electrons. The summed E-state index contributed by atoms with van der Waals surface area (Å²) in [4.78, 5) is 25.0. The van der Waals surface area contributed by atoms with Crippen molar-refractivity contribution in [3.05, 3.63) is 105 Å². The van der Waals surface area contributed by atoms with E-state index < -0.39 is 0 Å². The SMILES string of the molecule is O=C1C(=Cc2ccc(OCc3ccccc3F)c(Br)c2)C(=O)c2ccccc21. The molecule has 4 rings (SSSR count). The summed E-state index contributed by atoms with van der Waals surface area (Å²) in [5, 5.41) is 0. The topological polar surface area (TPSA) is 43.4 Å². The summed E-state index contributed by atoms with van der Waals surface area (Å²) in [6.07, 6.45) is 1.58. The predicted octanol–water partition coefficient (Wildman–Crippen LogP) is 5.63. The third kappa shape index (κ3) is 3.41. The van der Waals surface area contributed by atoms with Gasteiger partial charge in [-0.25, -0.2) is 4.39 Å². The van der Waals surface area contributed by atoms with Crippen molar-refractivity contribution in [2.75, 3.05) is 0 Å². The number of allylic oxidation sites excluding steroid dienone is 1. The lowest BCUT2D eigenvalue weighted by Crippen LogP contribution is -2.01. The highest BCUT2D eigenvalue weighted by atomic mass is 79.9. The first kappa shape index (κ1) is 18.3. The molecule has 0 bridgehead atoms. The highest BCUT2D eigenvalue weighted by Gasteiger charge is 2.32. The molecule has 0 N–H and O–H groups in total. The maximum absolute atomic E-state index is 13.7.